The van der Waals surface area contributed by atoms with Crippen molar-refractivity contribution >= 4 is 23.5 Å². The van der Waals surface area contributed by atoms with Gasteiger partial charge in [-0.05, 0) is 43.6 Å². The molecule has 0 unspecified atom stereocenters. The minimum absolute atomic E-state index is 0.566. The van der Waals surface area contributed by atoms with E-state index in [1.54, 1.807) is 0 Å². The molecule has 1 N–H and O–H groups in total. The highest BCUT2D eigenvalue weighted by Gasteiger charge is 2.30. The molecule has 0 aromatic rings. The maximum Gasteiger partial charge on any atom is 0.0281 e. The fourth-order valence-corrected chi connectivity index (χ4v) is 3.99. The average Bonchev–Trinajstić information content (AvgIpc) is 2.35. The molecule has 0 radical (unpaired) electrons. The molecule has 0 saturated heterocycles. The SMILES string of the molecule is CCSCCCNCC1(SC)CCCCC1. The monoisotopic (exact) mass is 261 g/mol. The lowest BCUT2D eigenvalue weighted by Crippen LogP contribution is -2.39. The predicted molar refractivity (Wildman–Crippen MR) is 79.8 cm³/mol. The van der Waals surface area contributed by atoms with Crippen molar-refractivity contribution in [1.82, 2.24) is 5.32 Å². The van der Waals surface area contributed by atoms with Crippen molar-refractivity contribution in [2.75, 3.05) is 30.9 Å². The maximum atomic E-state index is 3.67. The van der Waals surface area contributed by atoms with Gasteiger partial charge >= 0.3 is 0 Å². The van der Waals surface area contributed by atoms with E-state index >= 15 is 0 Å². The molecular formula is C13H27NS2. The van der Waals surface area contributed by atoms with Crippen LogP contribution in [0, 0.1) is 0 Å². The van der Waals surface area contributed by atoms with Crippen LogP contribution in [0.4, 0.5) is 0 Å². The third-order valence-corrected chi connectivity index (χ3v) is 5.90. The summed E-state index contributed by atoms with van der Waals surface area (Å²) in [6.45, 7) is 4.67. The second-order valence-corrected chi connectivity index (χ2v) is 7.34. The average molecular weight is 262 g/mol. The van der Waals surface area contributed by atoms with E-state index in [-0.39, 0.29) is 0 Å². The molecule has 0 bridgehead atoms. The Labute approximate surface area is 110 Å². The summed E-state index contributed by atoms with van der Waals surface area (Å²) in [4.78, 5) is 0. The molecule has 0 atom stereocenters. The van der Waals surface area contributed by atoms with Gasteiger partial charge in [-0.1, -0.05) is 26.2 Å². The lowest BCUT2D eigenvalue weighted by atomic mass is 9.88. The van der Waals surface area contributed by atoms with Gasteiger partial charge in [0.1, 0.15) is 0 Å². The van der Waals surface area contributed by atoms with E-state index in [0.29, 0.717) is 4.75 Å². The first kappa shape index (κ1) is 14.7. The molecule has 3 heteroatoms. The van der Waals surface area contributed by atoms with Crippen LogP contribution in [-0.2, 0) is 0 Å². The molecule has 1 nitrogen and oxygen atoms in total. The van der Waals surface area contributed by atoms with Crippen LogP contribution in [0.1, 0.15) is 45.4 Å². The van der Waals surface area contributed by atoms with E-state index < -0.39 is 0 Å². The molecule has 0 heterocycles. The third kappa shape index (κ3) is 5.33. The van der Waals surface area contributed by atoms with Crippen LogP contribution < -0.4 is 5.32 Å². The van der Waals surface area contributed by atoms with Gasteiger partial charge in [-0.15, -0.1) is 0 Å². The largest absolute Gasteiger partial charge is 0.315 e. The van der Waals surface area contributed by atoms with Crippen LogP contribution in [0.3, 0.4) is 0 Å². The zero-order valence-corrected chi connectivity index (χ0v) is 12.5. The van der Waals surface area contributed by atoms with Gasteiger partial charge in [-0.3, -0.25) is 0 Å². The van der Waals surface area contributed by atoms with Gasteiger partial charge in [0.25, 0.3) is 0 Å². The molecule has 0 spiro atoms. The van der Waals surface area contributed by atoms with E-state index in [9.17, 15) is 0 Å². The molecule has 1 fully saturated rings. The smallest absolute Gasteiger partial charge is 0.0281 e. The topological polar surface area (TPSA) is 12.0 Å². The fourth-order valence-electron chi connectivity index (χ4n) is 2.41. The number of hydrogen-bond donors (Lipinski definition) is 1. The summed E-state index contributed by atoms with van der Waals surface area (Å²) in [5.74, 6) is 2.57. The molecule has 0 aliphatic heterocycles. The summed E-state index contributed by atoms with van der Waals surface area (Å²) in [5.41, 5.74) is 0. The van der Waals surface area contributed by atoms with Crippen molar-refractivity contribution in [2.24, 2.45) is 0 Å². The van der Waals surface area contributed by atoms with Gasteiger partial charge in [-0.25, -0.2) is 0 Å². The summed E-state index contributed by atoms with van der Waals surface area (Å²) in [6, 6.07) is 0. The number of hydrogen-bond acceptors (Lipinski definition) is 3. The lowest BCUT2D eigenvalue weighted by Gasteiger charge is -2.36. The van der Waals surface area contributed by atoms with Crippen LogP contribution >= 0.6 is 23.5 Å². The Kier molecular flexibility index (Phi) is 8.01. The predicted octanol–water partition coefficient (Wildman–Crippen LogP) is 3.79. The van der Waals surface area contributed by atoms with Crippen LogP contribution in [0.2, 0.25) is 0 Å². The zero-order chi connectivity index (χ0) is 11.7. The van der Waals surface area contributed by atoms with Crippen molar-refractivity contribution in [3.05, 3.63) is 0 Å². The normalized spacial score (nSPS) is 19.9. The molecule has 1 rings (SSSR count). The van der Waals surface area contributed by atoms with Crippen LogP contribution in [0.5, 0.6) is 0 Å². The second-order valence-electron chi connectivity index (χ2n) is 4.68. The van der Waals surface area contributed by atoms with Gasteiger partial charge in [0.2, 0.25) is 0 Å². The Morgan fingerprint density at radius 2 is 1.94 bits per heavy atom. The summed E-state index contributed by atoms with van der Waals surface area (Å²) in [7, 11) is 0. The summed E-state index contributed by atoms with van der Waals surface area (Å²) in [5, 5.41) is 3.67. The zero-order valence-electron chi connectivity index (χ0n) is 10.9. The van der Waals surface area contributed by atoms with Crippen molar-refractivity contribution in [3.8, 4) is 0 Å². The molecule has 16 heavy (non-hydrogen) atoms. The maximum absolute atomic E-state index is 3.67. The quantitative estimate of drug-likeness (QED) is 0.668. The first-order chi connectivity index (χ1) is 7.83. The van der Waals surface area contributed by atoms with Crippen molar-refractivity contribution in [3.63, 3.8) is 0 Å². The minimum Gasteiger partial charge on any atom is -0.315 e. The van der Waals surface area contributed by atoms with E-state index in [2.05, 4.69) is 42.0 Å². The summed E-state index contributed by atoms with van der Waals surface area (Å²) < 4.78 is 0.566. The van der Waals surface area contributed by atoms with E-state index in [0.717, 1.165) is 0 Å². The van der Waals surface area contributed by atoms with Gasteiger partial charge in [-0.2, -0.15) is 23.5 Å². The first-order valence-corrected chi connectivity index (χ1v) is 9.04. The van der Waals surface area contributed by atoms with Gasteiger partial charge in [0.15, 0.2) is 0 Å². The second kappa shape index (κ2) is 8.71. The molecule has 1 aliphatic rings. The molecule has 96 valence electrons. The molecule has 0 aromatic carbocycles. The Balaban J connectivity index is 2.08. The molecule has 1 aliphatic carbocycles. The van der Waals surface area contributed by atoms with Crippen LogP contribution in [0.25, 0.3) is 0 Å². The molecule has 1 saturated carbocycles. The van der Waals surface area contributed by atoms with Crippen molar-refractivity contribution < 1.29 is 0 Å². The minimum atomic E-state index is 0.566. The Morgan fingerprint density at radius 3 is 2.56 bits per heavy atom. The number of rotatable bonds is 8. The Morgan fingerprint density at radius 1 is 1.19 bits per heavy atom. The number of thioether (sulfide) groups is 2. The fraction of sp³-hybridized carbons (Fsp3) is 1.00. The molecular weight excluding hydrogens is 234 g/mol. The van der Waals surface area contributed by atoms with Gasteiger partial charge in [0.05, 0.1) is 0 Å². The van der Waals surface area contributed by atoms with Gasteiger partial charge in [0, 0.05) is 11.3 Å². The molecule has 0 amide bonds. The Hall–Kier alpha value is 0.660. The van der Waals surface area contributed by atoms with Gasteiger partial charge < -0.3 is 5.32 Å². The van der Waals surface area contributed by atoms with Crippen LogP contribution in [0.15, 0.2) is 0 Å². The van der Waals surface area contributed by atoms with E-state index in [1.807, 2.05) is 0 Å². The summed E-state index contributed by atoms with van der Waals surface area (Å²) >= 11 is 4.15. The van der Waals surface area contributed by atoms with Crippen molar-refractivity contribution in [2.45, 2.75) is 50.2 Å². The first-order valence-electron chi connectivity index (χ1n) is 6.66. The standard InChI is InChI=1S/C13H27NS2/c1-3-16-11-7-10-14-12-13(15-2)8-5-4-6-9-13/h14H,3-12H2,1-2H3. The van der Waals surface area contributed by atoms with Crippen molar-refractivity contribution in [1.29, 1.82) is 0 Å². The summed E-state index contributed by atoms with van der Waals surface area (Å²) in [6.07, 6.45) is 10.8. The highest BCUT2D eigenvalue weighted by molar-refractivity contribution is 8.00. The third-order valence-electron chi connectivity index (χ3n) is 3.49. The van der Waals surface area contributed by atoms with Crippen LogP contribution in [-0.4, -0.2) is 35.6 Å². The lowest BCUT2D eigenvalue weighted by molar-refractivity contribution is 0.380. The van der Waals surface area contributed by atoms with E-state index in [1.165, 1.54) is 63.1 Å². The highest BCUT2D eigenvalue weighted by Crippen LogP contribution is 2.37. The van der Waals surface area contributed by atoms with E-state index in [4.69, 9.17) is 0 Å². The number of nitrogens with one attached hydrogen (secondary N) is 1. The highest BCUT2D eigenvalue weighted by atomic mass is 32.2. The Bertz CT molecular complexity index is 167. The molecule has 0 aromatic heterocycles.